The summed E-state index contributed by atoms with van der Waals surface area (Å²) in [6.07, 6.45) is 6.99. The third-order valence-electron chi connectivity index (χ3n) is 3.26. The number of hydrogen-bond acceptors (Lipinski definition) is 3. The Morgan fingerprint density at radius 1 is 1.71 bits per heavy atom. The van der Waals surface area contributed by atoms with Crippen LogP contribution in [-0.4, -0.2) is 34.8 Å². The Bertz CT molecular complexity index is 343. The van der Waals surface area contributed by atoms with Crippen LogP contribution in [0.2, 0.25) is 0 Å². The van der Waals surface area contributed by atoms with Gasteiger partial charge in [0.15, 0.2) is 0 Å². The maximum absolute atomic E-state index is 11.8. The summed E-state index contributed by atoms with van der Waals surface area (Å²) in [5.74, 6) is 0.0340. The zero-order valence-electron chi connectivity index (χ0n) is 10.2. The number of hydrogen-bond donors (Lipinski definition) is 2. The van der Waals surface area contributed by atoms with Crippen LogP contribution >= 0.6 is 0 Å². The van der Waals surface area contributed by atoms with Gasteiger partial charge < -0.3 is 10.6 Å². The highest BCUT2D eigenvalue weighted by molar-refractivity contribution is 5.79. The third-order valence-corrected chi connectivity index (χ3v) is 3.26. The molecule has 0 spiro atoms. The van der Waals surface area contributed by atoms with Crippen molar-refractivity contribution in [3.8, 4) is 0 Å². The van der Waals surface area contributed by atoms with E-state index in [2.05, 4.69) is 15.7 Å². The summed E-state index contributed by atoms with van der Waals surface area (Å²) in [4.78, 5) is 11.8. The molecule has 2 unspecified atom stereocenters. The van der Waals surface area contributed by atoms with Crippen LogP contribution in [-0.2, 0) is 4.79 Å². The van der Waals surface area contributed by atoms with Gasteiger partial charge in [0.1, 0.15) is 6.04 Å². The minimum atomic E-state index is -0.235. The van der Waals surface area contributed by atoms with Gasteiger partial charge in [-0.15, -0.1) is 0 Å². The molecule has 0 aliphatic carbocycles. The smallest absolute Gasteiger partial charge is 0.244 e. The number of amides is 1. The molecule has 1 aliphatic rings. The normalized spacial score (nSPS) is 21.4. The molecule has 0 radical (unpaired) electrons. The maximum Gasteiger partial charge on any atom is 0.244 e. The van der Waals surface area contributed by atoms with Crippen LogP contribution in [0.3, 0.4) is 0 Å². The molecular weight excluding hydrogens is 216 g/mol. The lowest BCUT2D eigenvalue weighted by atomic mass is 10.1. The van der Waals surface area contributed by atoms with Crippen molar-refractivity contribution in [2.45, 2.75) is 38.3 Å². The Morgan fingerprint density at radius 2 is 2.59 bits per heavy atom. The summed E-state index contributed by atoms with van der Waals surface area (Å²) in [5.41, 5.74) is 0. The largest absolute Gasteiger partial charge is 0.354 e. The third kappa shape index (κ3) is 3.30. The van der Waals surface area contributed by atoms with Crippen molar-refractivity contribution in [3.05, 3.63) is 18.5 Å². The number of carbonyl (C=O) groups excluding carboxylic acids is 1. The molecule has 5 heteroatoms. The van der Waals surface area contributed by atoms with Gasteiger partial charge in [-0.25, -0.2) is 0 Å². The van der Waals surface area contributed by atoms with E-state index in [1.807, 2.05) is 19.2 Å². The van der Waals surface area contributed by atoms with Crippen LogP contribution in [0, 0.1) is 0 Å². The van der Waals surface area contributed by atoms with Crippen molar-refractivity contribution in [2.75, 3.05) is 13.1 Å². The molecule has 0 aromatic carbocycles. The van der Waals surface area contributed by atoms with Gasteiger partial charge in [-0.05, 0) is 38.8 Å². The van der Waals surface area contributed by atoms with Crippen LogP contribution in [0.4, 0.5) is 0 Å². The van der Waals surface area contributed by atoms with Gasteiger partial charge in [-0.1, -0.05) is 0 Å². The number of nitrogens with zero attached hydrogens (tertiary/aromatic N) is 2. The van der Waals surface area contributed by atoms with Gasteiger partial charge in [0, 0.05) is 25.0 Å². The van der Waals surface area contributed by atoms with E-state index in [4.69, 9.17) is 0 Å². The van der Waals surface area contributed by atoms with Crippen molar-refractivity contribution in [2.24, 2.45) is 0 Å². The zero-order chi connectivity index (χ0) is 12.1. The van der Waals surface area contributed by atoms with Crippen molar-refractivity contribution < 1.29 is 4.79 Å². The van der Waals surface area contributed by atoms with Gasteiger partial charge in [0.25, 0.3) is 0 Å². The Balaban J connectivity index is 1.69. The second-order valence-electron chi connectivity index (χ2n) is 4.54. The van der Waals surface area contributed by atoms with E-state index in [-0.39, 0.29) is 11.9 Å². The van der Waals surface area contributed by atoms with Crippen molar-refractivity contribution in [3.63, 3.8) is 0 Å². The van der Waals surface area contributed by atoms with Crippen molar-refractivity contribution in [1.82, 2.24) is 20.4 Å². The summed E-state index contributed by atoms with van der Waals surface area (Å²) in [6, 6.07) is 2.17. The van der Waals surface area contributed by atoms with Crippen molar-refractivity contribution in [1.29, 1.82) is 0 Å². The minimum absolute atomic E-state index is 0.0340. The first-order chi connectivity index (χ1) is 8.27. The lowest BCUT2D eigenvalue weighted by Gasteiger charge is -2.14. The molecule has 1 aromatic heterocycles. The first-order valence-electron chi connectivity index (χ1n) is 6.27. The molecule has 1 amide bonds. The summed E-state index contributed by atoms with van der Waals surface area (Å²) in [5, 5.41) is 10.4. The summed E-state index contributed by atoms with van der Waals surface area (Å²) < 4.78 is 1.67. The van der Waals surface area contributed by atoms with E-state index in [9.17, 15) is 4.79 Å². The fourth-order valence-corrected chi connectivity index (χ4v) is 2.15. The predicted octanol–water partition coefficient (Wildman–Crippen LogP) is 0.702. The van der Waals surface area contributed by atoms with Crippen LogP contribution in [0.15, 0.2) is 18.5 Å². The van der Waals surface area contributed by atoms with Gasteiger partial charge in [0.2, 0.25) is 5.91 Å². The lowest BCUT2D eigenvalue weighted by molar-refractivity contribution is -0.124. The Kier molecular flexibility index (Phi) is 4.14. The monoisotopic (exact) mass is 236 g/mol. The second-order valence-corrected chi connectivity index (χ2v) is 4.54. The van der Waals surface area contributed by atoms with E-state index in [1.54, 1.807) is 10.9 Å². The Hall–Kier alpha value is -1.36. The van der Waals surface area contributed by atoms with Crippen LogP contribution in [0.1, 0.15) is 32.2 Å². The fourth-order valence-electron chi connectivity index (χ4n) is 2.15. The topological polar surface area (TPSA) is 59.0 Å². The Labute approximate surface area is 102 Å². The minimum Gasteiger partial charge on any atom is -0.354 e. The van der Waals surface area contributed by atoms with Gasteiger partial charge in [-0.3, -0.25) is 9.48 Å². The van der Waals surface area contributed by atoms with Gasteiger partial charge in [-0.2, -0.15) is 5.10 Å². The summed E-state index contributed by atoms with van der Waals surface area (Å²) in [6.45, 7) is 3.71. The molecule has 2 N–H and O–H groups in total. The van der Waals surface area contributed by atoms with Crippen LogP contribution in [0.25, 0.3) is 0 Å². The highest BCUT2D eigenvalue weighted by Gasteiger charge is 2.16. The first-order valence-corrected chi connectivity index (χ1v) is 6.27. The number of carbonyl (C=O) groups is 1. The summed E-state index contributed by atoms with van der Waals surface area (Å²) in [7, 11) is 0. The zero-order valence-corrected chi connectivity index (χ0v) is 10.2. The molecule has 1 aromatic rings. The number of nitrogens with one attached hydrogen (secondary N) is 2. The van der Waals surface area contributed by atoms with Crippen molar-refractivity contribution >= 4 is 5.91 Å². The fraction of sp³-hybridized carbons (Fsp3) is 0.667. The molecule has 5 nitrogen and oxygen atoms in total. The van der Waals surface area contributed by atoms with E-state index in [0.717, 1.165) is 19.5 Å². The number of aromatic nitrogens is 2. The number of rotatable bonds is 5. The molecule has 0 saturated carbocycles. The average molecular weight is 236 g/mol. The van der Waals surface area contributed by atoms with Crippen LogP contribution < -0.4 is 10.6 Å². The molecule has 1 fully saturated rings. The molecule has 2 atom stereocenters. The quantitative estimate of drug-likeness (QED) is 0.791. The van der Waals surface area contributed by atoms with E-state index < -0.39 is 0 Å². The molecule has 0 bridgehead atoms. The summed E-state index contributed by atoms with van der Waals surface area (Å²) >= 11 is 0. The lowest BCUT2D eigenvalue weighted by Crippen LogP contribution is -2.34. The SMILES string of the molecule is CC(C(=O)NCCC1CCCN1)n1cccn1. The molecule has 1 aliphatic heterocycles. The molecule has 2 rings (SSSR count). The van der Waals surface area contributed by atoms with Gasteiger partial charge in [0.05, 0.1) is 0 Å². The standard InChI is InChI=1S/C12H20N4O/c1-10(16-9-3-7-15-16)12(17)14-8-5-11-4-2-6-13-11/h3,7,9-11,13H,2,4-6,8H2,1H3,(H,14,17). The van der Waals surface area contributed by atoms with E-state index >= 15 is 0 Å². The Morgan fingerprint density at radius 3 is 3.24 bits per heavy atom. The van der Waals surface area contributed by atoms with Crippen LogP contribution in [0.5, 0.6) is 0 Å². The molecule has 1 saturated heterocycles. The predicted molar refractivity (Wildman–Crippen MR) is 65.6 cm³/mol. The van der Waals surface area contributed by atoms with Gasteiger partial charge >= 0.3 is 0 Å². The maximum atomic E-state index is 11.8. The average Bonchev–Trinajstić information content (AvgIpc) is 3.00. The second kappa shape index (κ2) is 5.82. The molecular formula is C12H20N4O. The van der Waals surface area contributed by atoms with E-state index in [1.165, 1.54) is 12.8 Å². The molecule has 2 heterocycles. The first kappa shape index (κ1) is 12.1. The highest BCUT2D eigenvalue weighted by Crippen LogP contribution is 2.08. The highest BCUT2D eigenvalue weighted by atomic mass is 16.2. The van der Waals surface area contributed by atoms with E-state index in [0.29, 0.717) is 6.04 Å². The molecule has 17 heavy (non-hydrogen) atoms. The molecule has 94 valence electrons.